The Bertz CT molecular complexity index is 1030. The molecule has 0 radical (unpaired) electrons. The van der Waals surface area contributed by atoms with Crippen molar-refractivity contribution in [2.24, 2.45) is 11.8 Å². The Morgan fingerprint density at radius 1 is 1.03 bits per heavy atom. The lowest BCUT2D eigenvalue weighted by atomic mass is 9.92. The van der Waals surface area contributed by atoms with Gasteiger partial charge in [-0.05, 0) is 46.9 Å². The summed E-state index contributed by atoms with van der Waals surface area (Å²) in [5.74, 6) is -0.932. The summed E-state index contributed by atoms with van der Waals surface area (Å²) in [6.45, 7) is 5.15. The summed E-state index contributed by atoms with van der Waals surface area (Å²) in [7, 11) is 0. The molecule has 2 unspecified atom stereocenters. The molecular weight excluding hydrogens is 444 g/mol. The van der Waals surface area contributed by atoms with E-state index in [2.05, 4.69) is 29.6 Å². The fraction of sp³-hybridized carbons (Fsp3) is 0.464. The van der Waals surface area contributed by atoms with Crippen molar-refractivity contribution in [2.45, 2.75) is 51.5 Å². The molecule has 2 aliphatic rings. The average Bonchev–Trinajstić information content (AvgIpc) is 3.19. The SMILES string of the molecule is CCC(C)C(NC(=O)OCC1c2ccccc2-c2ccccc21)C(=O)N1CCC(CC(=O)O)CC1. The van der Waals surface area contributed by atoms with E-state index in [1.807, 2.05) is 38.1 Å². The van der Waals surface area contributed by atoms with Crippen molar-refractivity contribution in [3.63, 3.8) is 0 Å². The third-order valence-corrected chi connectivity index (χ3v) is 7.49. The number of alkyl carbamates (subject to hydrolysis) is 1. The average molecular weight is 479 g/mol. The first kappa shape index (κ1) is 24.8. The first-order valence-electron chi connectivity index (χ1n) is 12.5. The summed E-state index contributed by atoms with van der Waals surface area (Å²) < 4.78 is 5.68. The molecule has 7 heteroatoms. The lowest BCUT2D eigenvalue weighted by Crippen LogP contribution is -2.53. The summed E-state index contributed by atoms with van der Waals surface area (Å²) in [6, 6.07) is 15.7. The molecule has 2 amide bonds. The number of ether oxygens (including phenoxy) is 1. The minimum atomic E-state index is -0.802. The van der Waals surface area contributed by atoms with E-state index >= 15 is 0 Å². The van der Waals surface area contributed by atoms with Crippen LogP contribution >= 0.6 is 0 Å². The Hall–Kier alpha value is -3.35. The lowest BCUT2D eigenvalue weighted by Gasteiger charge is -2.35. The van der Waals surface area contributed by atoms with E-state index in [1.54, 1.807) is 4.90 Å². The zero-order chi connectivity index (χ0) is 24.9. The van der Waals surface area contributed by atoms with Crippen LogP contribution in [0.2, 0.25) is 0 Å². The van der Waals surface area contributed by atoms with Crippen molar-refractivity contribution in [1.82, 2.24) is 10.2 Å². The second kappa shape index (κ2) is 10.9. The van der Waals surface area contributed by atoms with Crippen LogP contribution in [0.5, 0.6) is 0 Å². The fourth-order valence-corrected chi connectivity index (χ4v) is 5.25. The van der Waals surface area contributed by atoms with Gasteiger partial charge in [-0.2, -0.15) is 0 Å². The van der Waals surface area contributed by atoms with Gasteiger partial charge < -0.3 is 20.1 Å². The van der Waals surface area contributed by atoms with Gasteiger partial charge in [0.1, 0.15) is 12.6 Å². The standard InChI is InChI=1S/C28H34N2O5/c1-3-18(2)26(27(33)30-14-12-19(13-15-30)16-25(31)32)29-28(34)35-17-24-22-10-6-4-8-20(22)21-9-5-7-11-23(21)24/h4-11,18-19,24,26H,3,12-17H2,1-2H3,(H,29,34)(H,31,32). The number of carboxylic acids is 1. The second-order valence-corrected chi connectivity index (χ2v) is 9.70. The Kier molecular flexibility index (Phi) is 7.73. The Labute approximate surface area is 206 Å². The molecule has 2 aromatic rings. The summed E-state index contributed by atoms with van der Waals surface area (Å²) in [5, 5.41) is 11.9. The number of nitrogens with zero attached hydrogens (tertiary/aromatic N) is 1. The normalized spacial score (nSPS) is 17.3. The summed E-state index contributed by atoms with van der Waals surface area (Å²) in [6.07, 6.45) is 1.60. The van der Waals surface area contributed by atoms with Crippen LogP contribution in [-0.4, -0.2) is 53.7 Å². The van der Waals surface area contributed by atoms with Gasteiger partial charge in [0, 0.05) is 25.4 Å². The maximum Gasteiger partial charge on any atom is 0.407 e. The predicted octanol–water partition coefficient (Wildman–Crippen LogP) is 4.65. The minimum absolute atomic E-state index is 0.0424. The van der Waals surface area contributed by atoms with Crippen LogP contribution < -0.4 is 5.32 Å². The van der Waals surface area contributed by atoms with Crippen molar-refractivity contribution < 1.29 is 24.2 Å². The highest BCUT2D eigenvalue weighted by Crippen LogP contribution is 2.44. The maximum absolute atomic E-state index is 13.3. The van der Waals surface area contributed by atoms with Crippen LogP contribution in [0.25, 0.3) is 11.1 Å². The highest BCUT2D eigenvalue weighted by atomic mass is 16.5. The number of amides is 2. The molecule has 0 saturated carbocycles. The van der Waals surface area contributed by atoms with Crippen LogP contribution in [0, 0.1) is 11.8 Å². The van der Waals surface area contributed by atoms with E-state index in [0.29, 0.717) is 25.9 Å². The van der Waals surface area contributed by atoms with Gasteiger partial charge >= 0.3 is 12.1 Å². The monoisotopic (exact) mass is 478 g/mol. The van der Waals surface area contributed by atoms with E-state index in [4.69, 9.17) is 9.84 Å². The van der Waals surface area contributed by atoms with E-state index in [1.165, 1.54) is 0 Å². The number of hydrogen-bond donors (Lipinski definition) is 2. The number of piperidine rings is 1. The van der Waals surface area contributed by atoms with E-state index < -0.39 is 18.1 Å². The van der Waals surface area contributed by atoms with Gasteiger partial charge in [0.15, 0.2) is 0 Å². The highest BCUT2D eigenvalue weighted by Gasteiger charge is 2.34. The lowest BCUT2D eigenvalue weighted by molar-refractivity contribution is -0.139. The zero-order valence-electron chi connectivity index (χ0n) is 20.4. The zero-order valence-corrected chi connectivity index (χ0v) is 20.4. The fourth-order valence-electron chi connectivity index (χ4n) is 5.25. The van der Waals surface area contributed by atoms with Crippen LogP contribution in [0.15, 0.2) is 48.5 Å². The molecule has 2 N–H and O–H groups in total. The molecule has 4 rings (SSSR count). The van der Waals surface area contributed by atoms with Crippen LogP contribution in [0.3, 0.4) is 0 Å². The van der Waals surface area contributed by atoms with Crippen molar-refractivity contribution >= 4 is 18.0 Å². The van der Waals surface area contributed by atoms with E-state index in [9.17, 15) is 14.4 Å². The number of fused-ring (bicyclic) bond motifs is 3. The predicted molar refractivity (Wildman–Crippen MR) is 133 cm³/mol. The number of carbonyl (C=O) groups excluding carboxylic acids is 2. The molecule has 35 heavy (non-hydrogen) atoms. The number of aliphatic carboxylic acids is 1. The Balaban J connectivity index is 1.38. The minimum Gasteiger partial charge on any atom is -0.481 e. The third-order valence-electron chi connectivity index (χ3n) is 7.49. The van der Waals surface area contributed by atoms with Gasteiger partial charge in [-0.3, -0.25) is 9.59 Å². The third kappa shape index (κ3) is 5.50. The Morgan fingerprint density at radius 3 is 2.14 bits per heavy atom. The van der Waals surface area contributed by atoms with Gasteiger partial charge in [0.2, 0.25) is 5.91 Å². The second-order valence-electron chi connectivity index (χ2n) is 9.70. The van der Waals surface area contributed by atoms with Gasteiger partial charge in [-0.25, -0.2) is 4.79 Å². The molecule has 0 aromatic heterocycles. The number of carbonyl (C=O) groups is 3. The molecule has 186 valence electrons. The number of hydrogen-bond acceptors (Lipinski definition) is 4. The quantitative estimate of drug-likeness (QED) is 0.576. The van der Waals surface area contributed by atoms with Gasteiger partial charge in [0.25, 0.3) is 0 Å². The van der Waals surface area contributed by atoms with Crippen LogP contribution in [0.4, 0.5) is 4.79 Å². The van der Waals surface area contributed by atoms with Crippen molar-refractivity contribution in [3.05, 3.63) is 59.7 Å². The molecule has 1 fully saturated rings. The van der Waals surface area contributed by atoms with Crippen molar-refractivity contribution in [1.29, 1.82) is 0 Å². The van der Waals surface area contributed by atoms with Crippen molar-refractivity contribution in [3.8, 4) is 11.1 Å². The number of carboxylic acid groups (broad SMARTS) is 1. The molecule has 2 atom stereocenters. The summed E-state index contributed by atoms with van der Waals surface area (Å²) >= 11 is 0. The molecule has 1 aliphatic carbocycles. The van der Waals surface area contributed by atoms with Gasteiger partial charge in [-0.1, -0.05) is 68.8 Å². The molecule has 7 nitrogen and oxygen atoms in total. The first-order valence-corrected chi connectivity index (χ1v) is 12.5. The number of rotatable bonds is 8. The number of likely N-dealkylation sites (tertiary alicyclic amines) is 1. The smallest absolute Gasteiger partial charge is 0.407 e. The van der Waals surface area contributed by atoms with Gasteiger partial charge in [-0.15, -0.1) is 0 Å². The summed E-state index contributed by atoms with van der Waals surface area (Å²) in [5.41, 5.74) is 4.60. The van der Waals surface area contributed by atoms with Crippen LogP contribution in [-0.2, 0) is 14.3 Å². The largest absolute Gasteiger partial charge is 0.481 e. The van der Waals surface area contributed by atoms with E-state index in [-0.39, 0.29) is 36.7 Å². The summed E-state index contributed by atoms with van der Waals surface area (Å²) in [4.78, 5) is 38.9. The molecule has 1 aliphatic heterocycles. The van der Waals surface area contributed by atoms with E-state index in [0.717, 1.165) is 28.7 Å². The Morgan fingerprint density at radius 2 is 1.60 bits per heavy atom. The molecule has 0 spiro atoms. The molecular formula is C28H34N2O5. The van der Waals surface area contributed by atoms with Crippen molar-refractivity contribution in [2.75, 3.05) is 19.7 Å². The van der Waals surface area contributed by atoms with Crippen LogP contribution in [0.1, 0.15) is 56.6 Å². The number of benzene rings is 2. The molecule has 2 aromatic carbocycles. The number of nitrogens with one attached hydrogen (secondary N) is 1. The molecule has 1 saturated heterocycles. The first-order chi connectivity index (χ1) is 16.9. The topological polar surface area (TPSA) is 95.9 Å². The molecule has 1 heterocycles. The van der Waals surface area contributed by atoms with Gasteiger partial charge in [0.05, 0.1) is 0 Å². The highest BCUT2D eigenvalue weighted by molar-refractivity contribution is 5.86. The molecule has 0 bridgehead atoms. The maximum atomic E-state index is 13.3.